The number of hydrogen-bond acceptors (Lipinski definition) is 9. The Kier molecular flexibility index (Phi) is 6.12. The van der Waals surface area contributed by atoms with E-state index in [1.165, 1.54) is 23.8 Å². The Hall–Kier alpha value is -4.49. The minimum absolute atomic E-state index is 0.0271. The molecule has 0 saturated heterocycles. The molecule has 0 bridgehead atoms. The highest BCUT2D eigenvalue weighted by atomic mass is 16.5. The van der Waals surface area contributed by atoms with Gasteiger partial charge in [0.05, 0.1) is 18.2 Å². The second kappa shape index (κ2) is 9.17. The van der Waals surface area contributed by atoms with E-state index >= 15 is 0 Å². The van der Waals surface area contributed by atoms with Crippen molar-refractivity contribution in [1.82, 2.24) is 19.5 Å². The molecule has 13 heteroatoms. The average Bonchev–Trinajstić information content (AvgIpc) is 3.21. The van der Waals surface area contributed by atoms with Gasteiger partial charge in [-0.1, -0.05) is 30.3 Å². The number of fused-ring (bicyclic) bond motifs is 1. The molecular formula is C21H20BN7O5. The Labute approximate surface area is 193 Å². The van der Waals surface area contributed by atoms with Gasteiger partial charge in [0.15, 0.2) is 0 Å². The number of nitrogens with two attached hydrogens (primary N) is 2. The Morgan fingerprint density at radius 1 is 1.06 bits per heavy atom. The number of amides is 2. The van der Waals surface area contributed by atoms with Crippen molar-refractivity contribution in [3.63, 3.8) is 0 Å². The van der Waals surface area contributed by atoms with Crippen LogP contribution in [0.1, 0.15) is 26.4 Å². The number of benzene rings is 2. The fraction of sp³-hybridized carbons (Fsp3) is 0.0952. The molecule has 0 spiro atoms. The number of nitrogens with one attached hydrogen (secondary N) is 1. The summed E-state index contributed by atoms with van der Waals surface area (Å²) in [5, 5.41) is 21.8. The standard InChI is InChI=1S/C21H20BN7O5/c1-34-21-28-17-13(18(23)30)6-3-7-15(17)29(21)20-26-14(19(24)31)9-16(27-20)25-10-11-4-2-5-12(8-11)22(32)33/h2-9,32-33H,10H2,1H3,(H2,23,30)(H2,24,31)(H,25,26,27). The molecule has 2 heterocycles. The van der Waals surface area contributed by atoms with Crippen LogP contribution in [-0.4, -0.2) is 55.6 Å². The third-order valence-electron chi connectivity index (χ3n) is 4.99. The lowest BCUT2D eigenvalue weighted by Crippen LogP contribution is -2.30. The summed E-state index contributed by atoms with van der Waals surface area (Å²) in [5.41, 5.74) is 12.9. The number of para-hydroxylation sites is 1. The quantitative estimate of drug-likeness (QED) is 0.211. The van der Waals surface area contributed by atoms with Crippen LogP contribution in [0.5, 0.6) is 6.01 Å². The van der Waals surface area contributed by atoms with Gasteiger partial charge in [0, 0.05) is 12.6 Å². The zero-order valence-corrected chi connectivity index (χ0v) is 18.0. The summed E-state index contributed by atoms with van der Waals surface area (Å²) in [5.74, 6) is -1.15. The van der Waals surface area contributed by atoms with Crippen LogP contribution in [0.25, 0.3) is 17.0 Å². The first-order chi connectivity index (χ1) is 16.3. The van der Waals surface area contributed by atoms with Crippen LogP contribution in [0.2, 0.25) is 0 Å². The van der Waals surface area contributed by atoms with Gasteiger partial charge < -0.3 is 31.6 Å². The predicted octanol–water partition coefficient (Wildman–Crippen LogP) is -0.686. The van der Waals surface area contributed by atoms with E-state index in [9.17, 15) is 19.6 Å². The zero-order valence-electron chi connectivity index (χ0n) is 18.0. The van der Waals surface area contributed by atoms with Crippen LogP contribution in [0, 0.1) is 0 Å². The molecule has 7 N–H and O–H groups in total. The first kappa shape index (κ1) is 22.7. The third kappa shape index (κ3) is 4.37. The van der Waals surface area contributed by atoms with E-state index in [1.807, 2.05) is 0 Å². The molecule has 0 aliphatic heterocycles. The Morgan fingerprint density at radius 3 is 2.50 bits per heavy atom. The van der Waals surface area contributed by atoms with Crippen LogP contribution in [0.3, 0.4) is 0 Å². The van der Waals surface area contributed by atoms with Gasteiger partial charge in [-0.3, -0.25) is 9.59 Å². The number of imidazole rings is 1. The molecule has 0 unspecified atom stereocenters. The molecule has 0 atom stereocenters. The lowest BCUT2D eigenvalue weighted by atomic mass is 9.80. The second-order valence-corrected chi connectivity index (χ2v) is 7.25. The maximum Gasteiger partial charge on any atom is 0.488 e. The smallest absolute Gasteiger partial charge is 0.468 e. The van der Waals surface area contributed by atoms with E-state index in [4.69, 9.17) is 16.2 Å². The maximum atomic E-state index is 12.0. The fourth-order valence-corrected chi connectivity index (χ4v) is 3.41. The van der Waals surface area contributed by atoms with Crippen LogP contribution in [0.4, 0.5) is 5.82 Å². The Morgan fingerprint density at radius 2 is 1.82 bits per heavy atom. The van der Waals surface area contributed by atoms with Gasteiger partial charge in [0.25, 0.3) is 11.8 Å². The Balaban J connectivity index is 1.79. The summed E-state index contributed by atoms with van der Waals surface area (Å²) in [7, 11) is -0.208. The van der Waals surface area contributed by atoms with Crippen LogP contribution in [-0.2, 0) is 6.54 Å². The second-order valence-electron chi connectivity index (χ2n) is 7.25. The highest BCUT2D eigenvalue weighted by Gasteiger charge is 2.21. The first-order valence-electron chi connectivity index (χ1n) is 10.0. The van der Waals surface area contributed by atoms with E-state index in [1.54, 1.807) is 36.4 Å². The van der Waals surface area contributed by atoms with Crippen molar-refractivity contribution in [3.8, 4) is 12.0 Å². The summed E-state index contributed by atoms with van der Waals surface area (Å²) < 4.78 is 6.79. The number of rotatable bonds is 8. The molecule has 172 valence electrons. The molecule has 0 saturated carbocycles. The van der Waals surface area contributed by atoms with E-state index in [0.717, 1.165) is 5.56 Å². The lowest BCUT2D eigenvalue weighted by molar-refractivity contribution is 0.0989. The number of aromatic nitrogens is 4. The molecule has 4 aromatic rings. The minimum atomic E-state index is -1.60. The van der Waals surface area contributed by atoms with E-state index in [2.05, 4.69) is 20.3 Å². The number of anilines is 1. The molecule has 34 heavy (non-hydrogen) atoms. The van der Waals surface area contributed by atoms with Crippen molar-refractivity contribution in [1.29, 1.82) is 0 Å². The number of methoxy groups -OCH3 is 1. The van der Waals surface area contributed by atoms with Gasteiger partial charge in [0.1, 0.15) is 17.0 Å². The molecule has 2 amide bonds. The highest BCUT2D eigenvalue weighted by molar-refractivity contribution is 6.58. The van der Waals surface area contributed by atoms with E-state index in [0.29, 0.717) is 11.0 Å². The van der Waals surface area contributed by atoms with Crippen molar-refractivity contribution in [3.05, 3.63) is 65.4 Å². The predicted molar refractivity (Wildman–Crippen MR) is 124 cm³/mol. The normalized spacial score (nSPS) is 10.8. The average molecular weight is 461 g/mol. The zero-order chi connectivity index (χ0) is 24.4. The van der Waals surface area contributed by atoms with E-state index in [-0.39, 0.29) is 41.1 Å². The molecule has 0 aliphatic carbocycles. The van der Waals surface area contributed by atoms with Crippen molar-refractivity contribution >= 4 is 41.2 Å². The van der Waals surface area contributed by atoms with Crippen LogP contribution < -0.4 is 27.0 Å². The molecule has 12 nitrogen and oxygen atoms in total. The van der Waals surface area contributed by atoms with Gasteiger partial charge in [-0.15, -0.1) is 0 Å². The molecule has 2 aromatic carbocycles. The van der Waals surface area contributed by atoms with E-state index < -0.39 is 18.9 Å². The summed E-state index contributed by atoms with van der Waals surface area (Å²) in [6.07, 6.45) is 0. The topological polar surface area (TPSA) is 192 Å². The monoisotopic (exact) mass is 461 g/mol. The molecule has 4 rings (SSSR count). The van der Waals surface area contributed by atoms with Crippen LogP contribution >= 0.6 is 0 Å². The molecule has 0 radical (unpaired) electrons. The molecule has 0 fully saturated rings. The van der Waals surface area contributed by atoms with Crippen molar-refractivity contribution in [2.24, 2.45) is 11.5 Å². The number of carbonyl (C=O) groups excluding carboxylic acids is 2. The number of ether oxygens (including phenoxy) is 1. The molecule has 2 aromatic heterocycles. The first-order valence-corrected chi connectivity index (χ1v) is 10.0. The largest absolute Gasteiger partial charge is 0.488 e. The van der Waals surface area contributed by atoms with Gasteiger partial charge in [-0.05, 0) is 23.2 Å². The van der Waals surface area contributed by atoms with Crippen LogP contribution in [0.15, 0.2) is 48.5 Å². The van der Waals surface area contributed by atoms with Gasteiger partial charge >= 0.3 is 13.1 Å². The third-order valence-corrected chi connectivity index (χ3v) is 4.99. The van der Waals surface area contributed by atoms with Crippen molar-refractivity contribution < 1.29 is 24.4 Å². The summed E-state index contributed by atoms with van der Waals surface area (Å²) in [6.45, 7) is 0.253. The van der Waals surface area contributed by atoms with Crippen molar-refractivity contribution in [2.45, 2.75) is 6.54 Å². The maximum absolute atomic E-state index is 12.0. The summed E-state index contributed by atoms with van der Waals surface area (Å²) >= 11 is 0. The lowest BCUT2D eigenvalue weighted by Gasteiger charge is -2.12. The van der Waals surface area contributed by atoms with Gasteiger partial charge in [0.2, 0.25) is 5.95 Å². The minimum Gasteiger partial charge on any atom is -0.468 e. The number of hydrogen-bond donors (Lipinski definition) is 5. The van der Waals surface area contributed by atoms with Gasteiger partial charge in [-0.25, -0.2) is 9.55 Å². The van der Waals surface area contributed by atoms with Crippen molar-refractivity contribution in [2.75, 3.05) is 12.4 Å². The Bertz CT molecular complexity index is 1410. The molecule has 0 aliphatic rings. The van der Waals surface area contributed by atoms with Gasteiger partial charge in [-0.2, -0.15) is 9.97 Å². The number of nitrogens with zero attached hydrogens (tertiary/aromatic N) is 4. The SMILES string of the molecule is COc1nc2c(C(N)=O)cccc2n1-c1nc(NCc2cccc(B(O)O)c2)cc(C(N)=O)n1. The number of primary amides is 2. The highest BCUT2D eigenvalue weighted by Crippen LogP contribution is 2.27. The summed E-state index contributed by atoms with van der Waals surface area (Å²) in [6, 6.07) is 13.0. The fourth-order valence-electron chi connectivity index (χ4n) is 3.41. The molecular weight excluding hydrogens is 441 g/mol. The summed E-state index contributed by atoms with van der Waals surface area (Å²) in [4.78, 5) is 36.8. The number of carbonyl (C=O) groups is 2.